The van der Waals surface area contributed by atoms with Crippen molar-refractivity contribution < 1.29 is 0 Å². The number of halogens is 1. The van der Waals surface area contributed by atoms with E-state index >= 15 is 0 Å². The number of hydrogen-bond acceptors (Lipinski definition) is 3. The lowest BCUT2D eigenvalue weighted by atomic mass is 9.99. The average Bonchev–Trinajstić information content (AvgIpc) is 3.17. The molecule has 4 heteroatoms. The molecule has 0 spiro atoms. The number of hydrogen-bond donors (Lipinski definition) is 0. The molecule has 0 radical (unpaired) electrons. The van der Waals surface area contributed by atoms with Gasteiger partial charge in [0.1, 0.15) is 5.01 Å². The molecule has 2 nitrogen and oxygen atoms in total. The molecule has 2 atom stereocenters. The first kappa shape index (κ1) is 14.1. The molecule has 1 fully saturated rings. The maximum atomic E-state index is 5.84. The van der Waals surface area contributed by atoms with Gasteiger partial charge in [0.15, 0.2) is 0 Å². The smallest absolute Gasteiger partial charge is 0.110 e. The summed E-state index contributed by atoms with van der Waals surface area (Å²) in [4.78, 5) is 7.15. The summed E-state index contributed by atoms with van der Waals surface area (Å²) in [6.07, 6.45) is 1.24. The van der Waals surface area contributed by atoms with Gasteiger partial charge in [-0.15, -0.1) is 22.9 Å². The number of likely N-dealkylation sites (tertiary alicyclic amines) is 1. The minimum atomic E-state index is 0.394. The fourth-order valence-corrected chi connectivity index (χ4v) is 4.01. The Bertz CT molecular complexity index is 555. The molecule has 2 unspecified atom stereocenters. The van der Waals surface area contributed by atoms with E-state index in [4.69, 9.17) is 11.6 Å². The molecule has 0 aliphatic carbocycles. The van der Waals surface area contributed by atoms with Crippen molar-refractivity contribution in [3.63, 3.8) is 0 Å². The van der Waals surface area contributed by atoms with Gasteiger partial charge >= 0.3 is 0 Å². The second-order valence-electron chi connectivity index (χ2n) is 5.38. The lowest BCUT2D eigenvalue weighted by Gasteiger charge is -2.22. The fourth-order valence-electron chi connectivity index (χ4n) is 2.87. The zero-order valence-electron chi connectivity index (χ0n) is 11.6. The molecular formula is C16H19ClN2S. The van der Waals surface area contributed by atoms with E-state index in [1.54, 1.807) is 11.3 Å². The third kappa shape index (κ3) is 2.90. The molecule has 3 rings (SSSR count). The van der Waals surface area contributed by atoms with Crippen molar-refractivity contribution in [3.8, 4) is 0 Å². The van der Waals surface area contributed by atoms with Crippen molar-refractivity contribution in [1.29, 1.82) is 0 Å². The van der Waals surface area contributed by atoms with Gasteiger partial charge in [0.2, 0.25) is 0 Å². The minimum Gasteiger partial charge on any atom is -0.294 e. The first-order valence-electron chi connectivity index (χ1n) is 7.07. The number of rotatable bonds is 4. The standard InChI is InChI=1S/C16H19ClN2S/c1-12(16-18-15(9-17)11-20-16)19-8-7-14(10-19)13-5-3-2-4-6-13/h2-6,11-12,14H,7-10H2,1H3. The van der Waals surface area contributed by atoms with Crippen LogP contribution in [0.2, 0.25) is 0 Å². The Kier molecular flexibility index (Phi) is 4.39. The topological polar surface area (TPSA) is 16.1 Å². The molecule has 0 saturated carbocycles. The normalized spacial score (nSPS) is 21.2. The number of thiazole rings is 1. The Morgan fingerprint density at radius 2 is 2.20 bits per heavy atom. The van der Waals surface area contributed by atoms with E-state index in [1.165, 1.54) is 17.0 Å². The summed E-state index contributed by atoms with van der Waals surface area (Å²) >= 11 is 7.57. The second kappa shape index (κ2) is 6.25. The van der Waals surface area contributed by atoms with Gasteiger partial charge in [0.25, 0.3) is 0 Å². The van der Waals surface area contributed by atoms with Crippen LogP contribution in [0.5, 0.6) is 0 Å². The maximum Gasteiger partial charge on any atom is 0.110 e. The summed E-state index contributed by atoms with van der Waals surface area (Å²) in [5.74, 6) is 1.17. The quantitative estimate of drug-likeness (QED) is 0.777. The molecule has 1 aliphatic rings. The largest absolute Gasteiger partial charge is 0.294 e. The molecular weight excluding hydrogens is 288 g/mol. The van der Waals surface area contributed by atoms with Gasteiger partial charge < -0.3 is 0 Å². The Hall–Kier alpha value is -0.900. The highest BCUT2D eigenvalue weighted by atomic mass is 35.5. The van der Waals surface area contributed by atoms with E-state index in [-0.39, 0.29) is 0 Å². The predicted molar refractivity (Wildman–Crippen MR) is 85.5 cm³/mol. The van der Waals surface area contributed by atoms with Crippen LogP contribution < -0.4 is 0 Å². The van der Waals surface area contributed by atoms with Crippen LogP contribution >= 0.6 is 22.9 Å². The van der Waals surface area contributed by atoms with E-state index in [0.717, 1.165) is 18.8 Å². The molecule has 0 amide bonds. The van der Waals surface area contributed by atoms with E-state index in [2.05, 4.69) is 52.5 Å². The summed E-state index contributed by atoms with van der Waals surface area (Å²) in [6.45, 7) is 4.53. The lowest BCUT2D eigenvalue weighted by Crippen LogP contribution is -2.24. The van der Waals surface area contributed by atoms with Crippen LogP contribution in [0.3, 0.4) is 0 Å². The van der Waals surface area contributed by atoms with Crippen molar-refractivity contribution in [1.82, 2.24) is 9.88 Å². The third-order valence-electron chi connectivity index (χ3n) is 4.10. The van der Waals surface area contributed by atoms with Crippen LogP contribution in [0.1, 0.15) is 41.6 Å². The molecule has 1 aromatic carbocycles. The van der Waals surface area contributed by atoms with E-state index in [9.17, 15) is 0 Å². The van der Waals surface area contributed by atoms with Gasteiger partial charge in [0, 0.05) is 11.9 Å². The highest BCUT2D eigenvalue weighted by molar-refractivity contribution is 7.09. The van der Waals surface area contributed by atoms with Crippen molar-refractivity contribution in [2.45, 2.75) is 31.2 Å². The summed E-state index contributed by atoms with van der Waals surface area (Å²) < 4.78 is 0. The van der Waals surface area contributed by atoms with Gasteiger partial charge in [-0.3, -0.25) is 4.90 Å². The molecule has 2 heterocycles. The summed E-state index contributed by atoms with van der Waals surface area (Å²) in [5, 5.41) is 3.26. The van der Waals surface area contributed by atoms with Crippen LogP contribution in [-0.4, -0.2) is 23.0 Å². The summed E-state index contributed by atoms with van der Waals surface area (Å²) in [5.41, 5.74) is 2.46. The van der Waals surface area contributed by atoms with Crippen LogP contribution in [-0.2, 0) is 5.88 Å². The number of nitrogens with zero attached hydrogens (tertiary/aromatic N) is 2. The highest BCUT2D eigenvalue weighted by Crippen LogP contribution is 2.33. The predicted octanol–water partition coefficient (Wildman–Crippen LogP) is 4.43. The number of benzene rings is 1. The molecule has 1 aromatic heterocycles. The number of aromatic nitrogens is 1. The van der Waals surface area contributed by atoms with E-state index in [0.29, 0.717) is 17.8 Å². The van der Waals surface area contributed by atoms with Gasteiger partial charge in [-0.25, -0.2) is 4.98 Å². The fraction of sp³-hybridized carbons (Fsp3) is 0.438. The van der Waals surface area contributed by atoms with E-state index < -0.39 is 0 Å². The molecule has 1 aliphatic heterocycles. The SMILES string of the molecule is CC(c1nc(CCl)cs1)N1CCC(c2ccccc2)C1. The number of alkyl halides is 1. The lowest BCUT2D eigenvalue weighted by molar-refractivity contribution is 0.259. The maximum absolute atomic E-state index is 5.84. The van der Waals surface area contributed by atoms with Gasteiger partial charge in [-0.2, -0.15) is 0 Å². The van der Waals surface area contributed by atoms with Crippen LogP contribution in [0.4, 0.5) is 0 Å². The molecule has 0 bridgehead atoms. The third-order valence-corrected chi connectivity index (χ3v) is 5.44. The van der Waals surface area contributed by atoms with Crippen LogP contribution in [0.15, 0.2) is 35.7 Å². The average molecular weight is 307 g/mol. The van der Waals surface area contributed by atoms with Crippen LogP contribution in [0.25, 0.3) is 0 Å². The van der Waals surface area contributed by atoms with Crippen molar-refractivity contribution in [3.05, 3.63) is 52.0 Å². The zero-order chi connectivity index (χ0) is 13.9. The highest BCUT2D eigenvalue weighted by Gasteiger charge is 2.28. The molecule has 106 valence electrons. The molecule has 1 saturated heterocycles. The Morgan fingerprint density at radius 1 is 1.40 bits per heavy atom. The minimum absolute atomic E-state index is 0.394. The Labute approximate surface area is 129 Å². The Morgan fingerprint density at radius 3 is 2.90 bits per heavy atom. The first-order chi connectivity index (χ1) is 9.78. The summed E-state index contributed by atoms with van der Waals surface area (Å²) in [7, 11) is 0. The Balaban J connectivity index is 1.67. The first-order valence-corrected chi connectivity index (χ1v) is 8.48. The van der Waals surface area contributed by atoms with Gasteiger partial charge in [-0.1, -0.05) is 30.3 Å². The van der Waals surface area contributed by atoms with Crippen molar-refractivity contribution >= 4 is 22.9 Å². The molecule has 20 heavy (non-hydrogen) atoms. The zero-order valence-corrected chi connectivity index (χ0v) is 13.2. The van der Waals surface area contributed by atoms with Crippen molar-refractivity contribution in [2.75, 3.05) is 13.1 Å². The second-order valence-corrected chi connectivity index (χ2v) is 6.53. The molecule has 0 N–H and O–H groups in total. The molecule has 2 aromatic rings. The van der Waals surface area contributed by atoms with Gasteiger partial charge in [-0.05, 0) is 31.4 Å². The van der Waals surface area contributed by atoms with E-state index in [1.807, 2.05) is 0 Å². The summed E-state index contributed by atoms with van der Waals surface area (Å²) in [6, 6.07) is 11.2. The monoisotopic (exact) mass is 306 g/mol. The van der Waals surface area contributed by atoms with Crippen LogP contribution in [0, 0.1) is 0 Å². The van der Waals surface area contributed by atoms with Gasteiger partial charge in [0.05, 0.1) is 17.6 Å². The van der Waals surface area contributed by atoms with Crippen molar-refractivity contribution in [2.24, 2.45) is 0 Å².